The SMILES string of the molecule is Cc1cccc(CC(CNC(=O)c2ccc(CNS(C)(=O)=O)o2)C(=O)O)c1. The predicted octanol–water partition coefficient (Wildman–Crippen LogP) is 1.31. The maximum Gasteiger partial charge on any atom is 0.308 e. The van der Waals surface area contributed by atoms with E-state index in [-0.39, 0.29) is 24.6 Å². The quantitative estimate of drug-likeness (QED) is 0.589. The van der Waals surface area contributed by atoms with Crippen LogP contribution in [0.4, 0.5) is 0 Å². The summed E-state index contributed by atoms with van der Waals surface area (Å²) in [7, 11) is -3.37. The van der Waals surface area contributed by atoms with Crippen molar-refractivity contribution >= 4 is 21.9 Å². The van der Waals surface area contributed by atoms with Crippen LogP contribution in [0.15, 0.2) is 40.8 Å². The first-order valence-electron chi connectivity index (χ1n) is 8.24. The van der Waals surface area contributed by atoms with Gasteiger partial charge < -0.3 is 14.8 Å². The van der Waals surface area contributed by atoms with E-state index >= 15 is 0 Å². The highest BCUT2D eigenvalue weighted by molar-refractivity contribution is 7.88. The fourth-order valence-corrected chi connectivity index (χ4v) is 2.88. The minimum atomic E-state index is -3.37. The molecule has 0 spiro atoms. The number of rotatable bonds is 9. The van der Waals surface area contributed by atoms with Crippen molar-refractivity contribution in [1.82, 2.24) is 10.0 Å². The molecule has 3 N–H and O–H groups in total. The maximum absolute atomic E-state index is 12.2. The molecule has 0 bridgehead atoms. The second-order valence-electron chi connectivity index (χ2n) is 6.30. The van der Waals surface area contributed by atoms with Gasteiger partial charge >= 0.3 is 5.97 Å². The molecule has 2 rings (SSSR count). The summed E-state index contributed by atoms with van der Waals surface area (Å²) in [5.74, 6) is -2.08. The molecule has 1 atom stereocenters. The molecule has 146 valence electrons. The molecule has 1 amide bonds. The van der Waals surface area contributed by atoms with Crippen molar-refractivity contribution in [3.8, 4) is 0 Å². The monoisotopic (exact) mass is 394 g/mol. The number of carboxylic acids is 1. The fourth-order valence-electron chi connectivity index (χ4n) is 2.47. The molecular formula is C18H22N2O6S. The molecule has 1 heterocycles. The number of hydrogen-bond acceptors (Lipinski definition) is 5. The number of carboxylic acid groups (broad SMARTS) is 1. The zero-order valence-corrected chi connectivity index (χ0v) is 15.9. The lowest BCUT2D eigenvalue weighted by molar-refractivity contribution is -0.141. The number of sulfonamides is 1. The van der Waals surface area contributed by atoms with Gasteiger partial charge in [0.2, 0.25) is 10.0 Å². The maximum atomic E-state index is 12.2. The molecule has 9 heteroatoms. The number of carbonyl (C=O) groups excluding carboxylic acids is 1. The van der Waals surface area contributed by atoms with Crippen LogP contribution in [-0.2, 0) is 27.8 Å². The number of amides is 1. The molecule has 8 nitrogen and oxygen atoms in total. The molecule has 27 heavy (non-hydrogen) atoms. The Kier molecular flexibility index (Phi) is 6.75. The lowest BCUT2D eigenvalue weighted by Crippen LogP contribution is -2.34. The lowest BCUT2D eigenvalue weighted by Gasteiger charge is -2.13. The number of hydrogen-bond donors (Lipinski definition) is 3. The second-order valence-corrected chi connectivity index (χ2v) is 8.13. The van der Waals surface area contributed by atoms with Gasteiger partial charge in [0, 0.05) is 6.54 Å². The van der Waals surface area contributed by atoms with Crippen LogP contribution in [0.3, 0.4) is 0 Å². The Bertz CT molecular complexity index is 919. The fraction of sp³-hybridized carbons (Fsp3) is 0.333. The van der Waals surface area contributed by atoms with Gasteiger partial charge in [-0.2, -0.15) is 0 Å². The highest BCUT2D eigenvalue weighted by Gasteiger charge is 2.20. The molecule has 0 radical (unpaired) electrons. The molecule has 0 aliphatic heterocycles. The van der Waals surface area contributed by atoms with Crippen molar-refractivity contribution in [1.29, 1.82) is 0 Å². The third-order valence-corrected chi connectivity index (χ3v) is 4.49. The lowest BCUT2D eigenvalue weighted by atomic mass is 9.98. The van der Waals surface area contributed by atoms with Crippen molar-refractivity contribution in [2.24, 2.45) is 5.92 Å². The van der Waals surface area contributed by atoms with E-state index in [9.17, 15) is 23.1 Å². The molecule has 0 aliphatic carbocycles. The minimum Gasteiger partial charge on any atom is -0.481 e. The van der Waals surface area contributed by atoms with Gasteiger partial charge in [0.25, 0.3) is 5.91 Å². The van der Waals surface area contributed by atoms with Crippen molar-refractivity contribution in [3.63, 3.8) is 0 Å². The van der Waals surface area contributed by atoms with Crippen LogP contribution >= 0.6 is 0 Å². The molecule has 0 fully saturated rings. The molecule has 0 saturated heterocycles. The first-order chi connectivity index (χ1) is 12.6. The minimum absolute atomic E-state index is 0.0139. The zero-order chi connectivity index (χ0) is 20.0. The average molecular weight is 394 g/mol. The van der Waals surface area contributed by atoms with Crippen LogP contribution in [-0.4, -0.2) is 38.2 Å². The van der Waals surface area contributed by atoms with Crippen LogP contribution in [0.25, 0.3) is 0 Å². The normalized spacial score (nSPS) is 12.5. The van der Waals surface area contributed by atoms with E-state index in [4.69, 9.17) is 4.42 Å². The van der Waals surface area contributed by atoms with Crippen LogP contribution in [0.5, 0.6) is 0 Å². The van der Waals surface area contributed by atoms with Crippen LogP contribution in [0.2, 0.25) is 0 Å². The van der Waals surface area contributed by atoms with Gasteiger partial charge in [-0.1, -0.05) is 29.8 Å². The van der Waals surface area contributed by atoms with Crippen molar-refractivity contribution in [3.05, 3.63) is 59.0 Å². The van der Waals surface area contributed by atoms with E-state index in [0.29, 0.717) is 6.42 Å². The van der Waals surface area contributed by atoms with E-state index < -0.39 is 27.8 Å². The zero-order valence-electron chi connectivity index (χ0n) is 15.1. The number of aryl methyl sites for hydroxylation is 1. The van der Waals surface area contributed by atoms with Crippen LogP contribution in [0.1, 0.15) is 27.4 Å². The Morgan fingerprint density at radius 2 is 1.96 bits per heavy atom. The Labute approximate surface area is 157 Å². The van der Waals surface area contributed by atoms with Gasteiger partial charge in [0.05, 0.1) is 18.7 Å². The summed E-state index contributed by atoms with van der Waals surface area (Å²) in [6.45, 7) is 1.80. The molecule has 1 aromatic carbocycles. The molecule has 1 unspecified atom stereocenters. The van der Waals surface area contributed by atoms with E-state index in [1.165, 1.54) is 12.1 Å². The molecule has 2 aromatic rings. The highest BCUT2D eigenvalue weighted by Crippen LogP contribution is 2.12. The van der Waals surface area contributed by atoms with Gasteiger partial charge in [0.1, 0.15) is 5.76 Å². The second kappa shape index (κ2) is 8.83. The van der Waals surface area contributed by atoms with Crippen LogP contribution < -0.4 is 10.0 Å². The molecule has 1 aromatic heterocycles. The number of carbonyl (C=O) groups is 2. The Balaban J connectivity index is 1.94. The van der Waals surface area contributed by atoms with E-state index in [1.807, 2.05) is 31.2 Å². The standard InChI is InChI=1S/C18H22N2O6S/c1-12-4-3-5-13(8-12)9-14(18(22)23)10-19-17(21)16-7-6-15(26-16)11-20-27(2,24)25/h3-8,14,20H,9-11H2,1-2H3,(H,19,21)(H,22,23). The third-order valence-electron chi connectivity index (χ3n) is 3.82. The Hall–Kier alpha value is -2.65. The summed E-state index contributed by atoms with van der Waals surface area (Å²) >= 11 is 0. The topological polar surface area (TPSA) is 126 Å². The first-order valence-corrected chi connectivity index (χ1v) is 10.1. The van der Waals surface area contributed by atoms with Crippen molar-refractivity contribution in [2.45, 2.75) is 19.9 Å². The third kappa shape index (κ3) is 6.87. The van der Waals surface area contributed by atoms with Gasteiger partial charge in [-0.15, -0.1) is 0 Å². The van der Waals surface area contributed by atoms with Gasteiger partial charge in [-0.25, -0.2) is 13.1 Å². The van der Waals surface area contributed by atoms with E-state index in [0.717, 1.165) is 17.4 Å². The number of aliphatic carboxylic acids is 1. The number of furan rings is 1. The van der Waals surface area contributed by atoms with Crippen molar-refractivity contribution in [2.75, 3.05) is 12.8 Å². The molecule has 0 aliphatic rings. The van der Waals surface area contributed by atoms with Gasteiger partial charge in [-0.05, 0) is 31.0 Å². The Morgan fingerprint density at radius 1 is 1.22 bits per heavy atom. The largest absolute Gasteiger partial charge is 0.481 e. The van der Waals surface area contributed by atoms with Crippen LogP contribution in [0, 0.1) is 12.8 Å². The summed E-state index contributed by atoms with van der Waals surface area (Å²) in [5, 5.41) is 11.9. The predicted molar refractivity (Wildman–Crippen MR) is 98.7 cm³/mol. The summed E-state index contributed by atoms with van der Waals surface area (Å²) in [6, 6.07) is 10.4. The summed E-state index contributed by atoms with van der Waals surface area (Å²) in [6.07, 6.45) is 1.31. The molecule has 0 saturated carbocycles. The van der Waals surface area contributed by atoms with Crippen molar-refractivity contribution < 1.29 is 27.5 Å². The summed E-state index contributed by atoms with van der Waals surface area (Å²) < 4.78 is 29.7. The van der Waals surface area contributed by atoms with Gasteiger partial charge in [0.15, 0.2) is 5.76 Å². The smallest absolute Gasteiger partial charge is 0.308 e. The summed E-state index contributed by atoms with van der Waals surface area (Å²) in [5.41, 5.74) is 1.91. The average Bonchev–Trinajstić information content (AvgIpc) is 3.05. The number of benzene rings is 1. The first kappa shape index (κ1) is 20.7. The number of nitrogens with one attached hydrogen (secondary N) is 2. The summed E-state index contributed by atoms with van der Waals surface area (Å²) in [4.78, 5) is 23.6. The van der Waals surface area contributed by atoms with E-state index in [2.05, 4.69) is 10.0 Å². The highest BCUT2D eigenvalue weighted by atomic mass is 32.2. The van der Waals surface area contributed by atoms with Gasteiger partial charge in [-0.3, -0.25) is 9.59 Å². The molecular weight excluding hydrogens is 372 g/mol. The van der Waals surface area contributed by atoms with E-state index in [1.54, 1.807) is 0 Å². The Morgan fingerprint density at radius 3 is 2.59 bits per heavy atom.